The number of ether oxygens (including phenoxy) is 1. The van der Waals surface area contributed by atoms with E-state index in [2.05, 4.69) is 20.8 Å². The molecule has 0 heterocycles. The molecule has 0 saturated heterocycles. The molecule has 0 aliphatic carbocycles. The molecule has 1 unspecified atom stereocenters. The van der Waals surface area contributed by atoms with E-state index >= 15 is 0 Å². The average Bonchev–Trinajstić information content (AvgIpc) is 2.29. The van der Waals surface area contributed by atoms with Crippen molar-refractivity contribution in [1.29, 1.82) is 0 Å². The van der Waals surface area contributed by atoms with Crippen LogP contribution in [-0.4, -0.2) is 12.6 Å². The molecule has 0 aromatic rings. The summed E-state index contributed by atoms with van der Waals surface area (Å²) < 4.78 is 5.20. The topological polar surface area (TPSA) is 26.3 Å². The molecule has 0 saturated carbocycles. The highest BCUT2D eigenvalue weighted by atomic mass is 16.5. The normalized spacial score (nSPS) is 12.9. The van der Waals surface area contributed by atoms with Crippen molar-refractivity contribution in [1.82, 2.24) is 0 Å². The van der Waals surface area contributed by atoms with Gasteiger partial charge in [0.05, 0.1) is 6.61 Å². The predicted molar refractivity (Wildman–Crippen MR) is 63.7 cm³/mol. The zero-order chi connectivity index (χ0) is 11.7. The Morgan fingerprint density at radius 3 is 1.93 bits per heavy atom. The lowest BCUT2D eigenvalue weighted by molar-refractivity contribution is -0.144. The molecule has 0 rings (SSSR count). The number of carbonyl (C=O) groups excluding carboxylic acids is 1. The fraction of sp³-hybridized carbons (Fsp3) is 0.923. The third kappa shape index (κ3) is 6.53. The Labute approximate surface area is 94.4 Å². The summed E-state index contributed by atoms with van der Waals surface area (Å²) in [5.41, 5.74) is 0. The van der Waals surface area contributed by atoms with Crippen LogP contribution in [-0.2, 0) is 9.53 Å². The van der Waals surface area contributed by atoms with E-state index in [1.165, 1.54) is 19.3 Å². The maximum Gasteiger partial charge on any atom is 0.305 e. The molecule has 90 valence electrons. The maximum absolute atomic E-state index is 11.0. The number of esters is 1. The van der Waals surface area contributed by atoms with Crippen LogP contribution < -0.4 is 0 Å². The van der Waals surface area contributed by atoms with Gasteiger partial charge in [0.15, 0.2) is 0 Å². The minimum Gasteiger partial charge on any atom is -0.465 e. The van der Waals surface area contributed by atoms with E-state index in [1.54, 1.807) is 0 Å². The van der Waals surface area contributed by atoms with Gasteiger partial charge in [0.2, 0.25) is 0 Å². The first-order chi connectivity index (χ1) is 7.17. The molecular weight excluding hydrogens is 188 g/mol. The van der Waals surface area contributed by atoms with Gasteiger partial charge in [-0.25, -0.2) is 0 Å². The number of hydrogen-bond acceptors (Lipinski definition) is 2. The zero-order valence-corrected chi connectivity index (χ0v) is 10.7. The molecule has 0 fully saturated rings. The van der Waals surface area contributed by atoms with Crippen molar-refractivity contribution in [3.8, 4) is 0 Å². The molecule has 0 aliphatic heterocycles. The van der Waals surface area contributed by atoms with E-state index in [-0.39, 0.29) is 5.97 Å². The summed E-state index contributed by atoms with van der Waals surface area (Å²) in [6.45, 7) is 9.09. The number of hydrogen-bond donors (Lipinski definition) is 0. The van der Waals surface area contributed by atoms with Crippen molar-refractivity contribution in [2.75, 3.05) is 6.61 Å². The van der Waals surface area contributed by atoms with Crippen LogP contribution in [0.4, 0.5) is 0 Å². The van der Waals surface area contributed by atoms with Crippen LogP contribution in [0.3, 0.4) is 0 Å². The second kappa shape index (κ2) is 8.75. The molecular formula is C13H26O2. The first-order valence-corrected chi connectivity index (χ1v) is 6.33. The summed E-state index contributed by atoms with van der Waals surface area (Å²) in [5.74, 6) is 1.26. The average molecular weight is 214 g/mol. The van der Waals surface area contributed by atoms with Crippen molar-refractivity contribution in [2.24, 2.45) is 11.8 Å². The van der Waals surface area contributed by atoms with E-state index in [4.69, 9.17) is 4.74 Å². The van der Waals surface area contributed by atoms with Crippen LogP contribution in [0.1, 0.15) is 59.8 Å². The van der Waals surface area contributed by atoms with Crippen LogP contribution >= 0.6 is 0 Å². The van der Waals surface area contributed by atoms with Gasteiger partial charge in [0, 0.05) is 6.42 Å². The Bertz CT molecular complexity index is 162. The lowest BCUT2D eigenvalue weighted by Gasteiger charge is -2.20. The molecule has 0 bridgehead atoms. The van der Waals surface area contributed by atoms with Crippen LogP contribution in [0.25, 0.3) is 0 Å². The number of rotatable bonds is 8. The molecule has 15 heavy (non-hydrogen) atoms. The smallest absolute Gasteiger partial charge is 0.305 e. The Balaban J connectivity index is 3.86. The standard InChI is InChI=1S/C13H26O2/c1-5-11(6-2)9-12(7-3)10-15-13(14)8-4/h11-12H,5-10H2,1-4H3. The van der Waals surface area contributed by atoms with Gasteiger partial charge < -0.3 is 4.74 Å². The monoisotopic (exact) mass is 214 g/mol. The highest BCUT2D eigenvalue weighted by molar-refractivity contribution is 5.68. The molecule has 0 aromatic heterocycles. The van der Waals surface area contributed by atoms with Gasteiger partial charge >= 0.3 is 5.97 Å². The molecule has 0 aromatic carbocycles. The Morgan fingerprint density at radius 1 is 1.00 bits per heavy atom. The van der Waals surface area contributed by atoms with Crippen molar-refractivity contribution >= 4 is 5.97 Å². The van der Waals surface area contributed by atoms with Gasteiger partial charge in [0.25, 0.3) is 0 Å². The van der Waals surface area contributed by atoms with Gasteiger partial charge in [-0.3, -0.25) is 4.79 Å². The van der Waals surface area contributed by atoms with Crippen molar-refractivity contribution < 1.29 is 9.53 Å². The largest absolute Gasteiger partial charge is 0.465 e. The SMILES string of the molecule is CCC(=O)OCC(CC)CC(CC)CC. The van der Waals surface area contributed by atoms with Crippen LogP contribution in [0.2, 0.25) is 0 Å². The molecule has 2 nitrogen and oxygen atoms in total. The zero-order valence-electron chi connectivity index (χ0n) is 10.7. The lowest BCUT2D eigenvalue weighted by Crippen LogP contribution is -2.16. The maximum atomic E-state index is 11.0. The molecule has 0 radical (unpaired) electrons. The summed E-state index contributed by atoms with van der Waals surface area (Å²) >= 11 is 0. The van der Waals surface area contributed by atoms with Crippen molar-refractivity contribution in [2.45, 2.75) is 59.8 Å². The van der Waals surface area contributed by atoms with Crippen LogP contribution in [0, 0.1) is 11.8 Å². The van der Waals surface area contributed by atoms with Crippen LogP contribution in [0.5, 0.6) is 0 Å². The van der Waals surface area contributed by atoms with E-state index in [0.717, 1.165) is 12.3 Å². The minimum absolute atomic E-state index is 0.0713. The fourth-order valence-electron chi connectivity index (χ4n) is 1.76. The summed E-state index contributed by atoms with van der Waals surface area (Å²) in [6.07, 6.45) is 5.25. The predicted octanol–water partition coefficient (Wildman–Crippen LogP) is 3.79. The summed E-state index contributed by atoms with van der Waals surface area (Å²) in [5, 5.41) is 0. The first-order valence-electron chi connectivity index (χ1n) is 6.33. The quantitative estimate of drug-likeness (QED) is 0.575. The van der Waals surface area contributed by atoms with E-state index in [1.807, 2.05) is 6.92 Å². The summed E-state index contributed by atoms with van der Waals surface area (Å²) in [4.78, 5) is 11.0. The van der Waals surface area contributed by atoms with E-state index in [0.29, 0.717) is 18.9 Å². The minimum atomic E-state index is -0.0713. The molecule has 1 atom stereocenters. The fourth-order valence-corrected chi connectivity index (χ4v) is 1.76. The van der Waals surface area contributed by atoms with Crippen molar-refractivity contribution in [3.63, 3.8) is 0 Å². The molecule has 2 heteroatoms. The van der Waals surface area contributed by atoms with Gasteiger partial charge in [-0.2, -0.15) is 0 Å². The van der Waals surface area contributed by atoms with Crippen LogP contribution in [0.15, 0.2) is 0 Å². The van der Waals surface area contributed by atoms with Gasteiger partial charge in [0.1, 0.15) is 0 Å². The highest BCUT2D eigenvalue weighted by Crippen LogP contribution is 2.21. The van der Waals surface area contributed by atoms with Gasteiger partial charge in [-0.05, 0) is 18.3 Å². The molecule has 0 N–H and O–H groups in total. The second-order valence-electron chi connectivity index (χ2n) is 4.23. The molecule has 0 aliphatic rings. The highest BCUT2D eigenvalue weighted by Gasteiger charge is 2.14. The van der Waals surface area contributed by atoms with Gasteiger partial charge in [-0.1, -0.05) is 47.0 Å². The Kier molecular flexibility index (Phi) is 8.44. The Morgan fingerprint density at radius 2 is 1.53 bits per heavy atom. The third-order valence-corrected chi connectivity index (χ3v) is 3.17. The summed E-state index contributed by atoms with van der Waals surface area (Å²) in [6, 6.07) is 0. The third-order valence-electron chi connectivity index (χ3n) is 3.17. The molecule has 0 amide bonds. The summed E-state index contributed by atoms with van der Waals surface area (Å²) in [7, 11) is 0. The van der Waals surface area contributed by atoms with Crippen molar-refractivity contribution in [3.05, 3.63) is 0 Å². The molecule has 0 spiro atoms. The van der Waals surface area contributed by atoms with E-state index < -0.39 is 0 Å². The number of carbonyl (C=O) groups is 1. The van der Waals surface area contributed by atoms with E-state index in [9.17, 15) is 4.79 Å². The lowest BCUT2D eigenvalue weighted by atomic mass is 9.89. The Hall–Kier alpha value is -0.530. The first kappa shape index (κ1) is 14.5. The van der Waals surface area contributed by atoms with Gasteiger partial charge in [-0.15, -0.1) is 0 Å². The second-order valence-corrected chi connectivity index (χ2v) is 4.23.